The van der Waals surface area contributed by atoms with Crippen molar-refractivity contribution in [3.8, 4) is 0 Å². The number of halogens is 2. The Morgan fingerprint density at radius 1 is 1.21 bits per heavy atom. The summed E-state index contributed by atoms with van der Waals surface area (Å²) >= 11 is 2.18. The molecule has 0 aromatic heterocycles. The van der Waals surface area contributed by atoms with Crippen LogP contribution in [0.4, 0.5) is 0 Å². The van der Waals surface area contributed by atoms with Gasteiger partial charge in [0.15, 0.2) is 0 Å². The molecule has 0 saturated carbocycles. The van der Waals surface area contributed by atoms with Gasteiger partial charge in [-0.2, -0.15) is 0 Å². The van der Waals surface area contributed by atoms with E-state index in [1.165, 1.54) is 44.8 Å². The van der Waals surface area contributed by atoms with Crippen molar-refractivity contribution in [3.63, 3.8) is 0 Å². The number of fused-ring (bicyclic) bond motifs is 2. The van der Waals surface area contributed by atoms with E-state index in [0.29, 0.717) is 4.87 Å². The number of nitrogens with one attached hydrogen (secondary N) is 1. The molecule has 0 radical (unpaired) electrons. The van der Waals surface area contributed by atoms with Gasteiger partial charge < -0.3 is 10.2 Å². The molecule has 14 heavy (non-hydrogen) atoms. The Balaban J connectivity index is 0.000000490. The molecular weight excluding hydrogens is 239 g/mol. The van der Waals surface area contributed by atoms with Crippen LogP contribution < -0.4 is 5.32 Å². The second-order valence-electron chi connectivity index (χ2n) is 4.22. The van der Waals surface area contributed by atoms with E-state index >= 15 is 0 Å². The van der Waals surface area contributed by atoms with Crippen molar-refractivity contribution in [3.05, 3.63) is 0 Å². The molecule has 0 amide bonds. The van der Waals surface area contributed by atoms with Crippen LogP contribution in [-0.2, 0) is 0 Å². The maximum Gasteiger partial charge on any atom is 0.0803 e. The molecule has 1 spiro atoms. The summed E-state index contributed by atoms with van der Waals surface area (Å²) in [5.74, 6) is 2.29. The molecule has 1 unspecified atom stereocenters. The van der Waals surface area contributed by atoms with Crippen molar-refractivity contribution in [1.82, 2.24) is 10.2 Å². The van der Waals surface area contributed by atoms with Crippen LogP contribution in [0.15, 0.2) is 0 Å². The Kier molecular flexibility index (Phi) is 4.42. The lowest BCUT2D eigenvalue weighted by atomic mass is 9.83. The van der Waals surface area contributed by atoms with E-state index in [-0.39, 0.29) is 24.8 Å². The number of thioether (sulfide) groups is 1. The van der Waals surface area contributed by atoms with Crippen molar-refractivity contribution in [2.24, 2.45) is 5.92 Å². The Bertz CT molecular complexity index is 189. The summed E-state index contributed by atoms with van der Waals surface area (Å²) in [5, 5.41) is 3.72. The van der Waals surface area contributed by atoms with Gasteiger partial charge in [0, 0.05) is 18.8 Å². The normalized spacial score (nSPS) is 44.6. The van der Waals surface area contributed by atoms with Gasteiger partial charge in [-0.25, -0.2) is 0 Å². The summed E-state index contributed by atoms with van der Waals surface area (Å²) < 4.78 is 0. The lowest BCUT2D eigenvalue weighted by Crippen LogP contribution is -2.61. The summed E-state index contributed by atoms with van der Waals surface area (Å²) in [7, 11) is 0. The maximum absolute atomic E-state index is 3.72. The molecular formula is C9H18Cl2N2S. The second kappa shape index (κ2) is 4.79. The first-order chi connectivity index (χ1) is 5.89. The molecule has 2 bridgehead atoms. The van der Waals surface area contributed by atoms with Gasteiger partial charge >= 0.3 is 0 Å². The Morgan fingerprint density at radius 3 is 2.36 bits per heavy atom. The van der Waals surface area contributed by atoms with Gasteiger partial charge in [0.25, 0.3) is 0 Å². The third-order valence-corrected chi connectivity index (χ3v) is 5.12. The lowest BCUT2D eigenvalue weighted by molar-refractivity contribution is 0.0601. The van der Waals surface area contributed by atoms with Crippen LogP contribution in [0.5, 0.6) is 0 Å². The van der Waals surface area contributed by atoms with Gasteiger partial charge in [-0.15, -0.1) is 36.6 Å². The number of hydrogen-bond donors (Lipinski definition) is 1. The first kappa shape index (κ1) is 12.9. The molecule has 1 N–H and O–H groups in total. The minimum absolute atomic E-state index is 0. The quantitative estimate of drug-likeness (QED) is 0.709. The number of piperidine rings is 3. The monoisotopic (exact) mass is 256 g/mol. The maximum atomic E-state index is 3.72. The predicted octanol–water partition coefficient (Wildman–Crippen LogP) is 1.59. The molecule has 4 fully saturated rings. The molecule has 4 rings (SSSR count). The zero-order valence-corrected chi connectivity index (χ0v) is 10.6. The van der Waals surface area contributed by atoms with Crippen LogP contribution in [0.2, 0.25) is 0 Å². The van der Waals surface area contributed by atoms with Gasteiger partial charge in [0.05, 0.1) is 4.87 Å². The minimum atomic E-state index is 0. The van der Waals surface area contributed by atoms with E-state index in [0.717, 1.165) is 5.92 Å². The zero-order valence-electron chi connectivity index (χ0n) is 8.20. The third kappa shape index (κ3) is 1.90. The van der Waals surface area contributed by atoms with Crippen LogP contribution in [-0.4, -0.2) is 41.7 Å². The summed E-state index contributed by atoms with van der Waals surface area (Å²) in [4.78, 5) is 3.11. The van der Waals surface area contributed by atoms with Crippen molar-refractivity contribution in [2.45, 2.75) is 17.7 Å². The van der Waals surface area contributed by atoms with E-state index < -0.39 is 0 Å². The Hall–Kier alpha value is 0.850. The van der Waals surface area contributed by atoms with Crippen molar-refractivity contribution in [1.29, 1.82) is 0 Å². The molecule has 84 valence electrons. The van der Waals surface area contributed by atoms with Crippen molar-refractivity contribution < 1.29 is 0 Å². The zero-order chi connectivity index (χ0) is 8.02. The smallest absolute Gasteiger partial charge is 0.0803 e. The molecule has 4 heterocycles. The minimum Gasteiger partial charge on any atom is -0.301 e. The summed E-state index contributed by atoms with van der Waals surface area (Å²) in [5.41, 5.74) is 0. The van der Waals surface area contributed by atoms with Crippen LogP contribution >= 0.6 is 36.6 Å². The van der Waals surface area contributed by atoms with Crippen LogP contribution in [0.25, 0.3) is 0 Å². The fourth-order valence-electron chi connectivity index (χ4n) is 2.93. The van der Waals surface area contributed by atoms with Gasteiger partial charge in [0.2, 0.25) is 0 Å². The van der Waals surface area contributed by atoms with Crippen molar-refractivity contribution >= 4 is 36.6 Å². The highest BCUT2D eigenvalue weighted by Gasteiger charge is 2.48. The Labute approximate surface area is 102 Å². The number of hydrogen-bond acceptors (Lipinski definition) is 3. The van der Waals surface area contributed by atoms with Crippen LogP contribution in [0.3, 0.4) is 0 Å². The van der Waals surface area contributed by atoms with Crippen LogP contribution in [0, 0.1) is 5.92 Å². The molecule has 4 saturated heterocycles. The van der Waals surface area contributed by atoms with Gasteiger partial charge in [-0.3, -0.25) is 0 Å². The fourth-order valence-corrected chi connectivity index (χ4v) is 4.45. The molecule has 1 atom stereocenters. The van der Waals surface area contributed by atoms with Crippen LogP contribution in [0.1, 0.15) is 12.8 Å². The van der Waals surface area contributed by atoms with Gasteiger partial charge in [-0.1, -0.05) is 0 Å². The van der Waals surface area contributed by atoms with E-state index in [4.69, 9.17) is 0 Å². The molecule has 0 aliphatic carbocycles. The first-order valence-corrected chi connectivity index (χ1v) is 5.99. The highest BCUT2D eigenvalue weighted by atomic mass is 35.5. The topological polar surface area (TPSA) is 15.3 Å². The predicted molar refractivity (Wildman–Crippen MR) is 66.9 cm³/mol. The van der Waals surface area contributed by atoms with Crippen molar-refractivity contribution in [2.75, 3.05) is 31.9 Å². The standard InChI is InChI=1S/C9H16N2S.2ClH/c1-4-11-5-2-8(1)9(7-11)10-3-6-12-9;;/h8,10H,1-7H2;2*1H. The lowest BCUT2D eigenvalue weighted by Gasteiger charge is -2.51. The fraction of sp³-hybridized carbons (Fsp3) is 1.00. The van der Waals surface area contributed by atoms with Gasteiger partial charge in [-0.05, 0) is 31.8 Å². The molecule has 4 aliphatic heterocycles. The number of nitrogens with zero attached hydrogens (tertiary/aromatic N) is 1. The molecule has 4 aliphatic rings. The summed E-state index contributed by atoms with van der Waals surface area (Å²) in [6, 6.07) is 0. The molecule has 0 aromatic rings. The summed E-state index contributed by atoms with van der Waals surface area (Å²) in [6.07, 6.45) is 2.86. The third-order valence-electron chi connectivity index (χ3n) is 3.59. The number of rotatable bonds is 0. The highest BCUT2D eigenvalue weighted by molar-refractivity contribution is 8.00. The van der Waals surface area contributed by atoms with E-state index in [2.05, 4.69) is 22.0 Å². The SMILES string of the molecule is C1CSC2(CN3CCC2CC3)N1.Cl.Cl. The highest BCUT2D eigenvalue weighted by Crippen LogP contribution is 2.44. The van der Waals surface area contributed by atoms with Gasteiger partial charge in [0.1, 0.15) is 0 Å². The second-order valence-corrected chi connectivity index (χ2v) is 5.64. The summed E-state index contributed by atoms with van der Waals surface area (Å²) in [6.45, 7) is 5.25. The molecule has 0 aromatic carbocycles. The largest absolute Gasteiger partial charge is 0.301 e. The van der Waals surface area contributed by atoms with E-state index in [1.807, 2.05) is 0 Å². The molecule has 2 nitrogen and oxygen atoms in total. The molecule has 5 heteroatoms. The first-order valence-electron chi connectivity index (χ1n) is 5.00. The average molecular weight is 257 g/mol. The Morgan fingerprint density at radius 2 is 1.93 bits per heavy atom. The van der Waals surface area contributed by atoms with E-state index in [9.17, 15) is 0 Å². The average Bonchev–Trinajstić information content (AvgIpc) is 2.55. The van der Waals surface area contributed by atoms with E-state index in [1.54, 1.807) is 0 Å².